The van der Waals surface area contributed by atoms with Gasteiger partial charge in [-0.15, -0.1) is 0 Å². The molecule has 2 heteroatoms. The van der Waals surface area contributed by atoms with Gasteiger partial charge in [0.2, 0.25) is 0 Å². The predicted octanol–water partition coefficient (Wildman–Crippen LogP) is 3.23. The molecule has 0 saturated heterocycles. The fourth-order valence-corrected chi connectivity index (χ4v) is 2.33. The minimum Gasteiger partial charge on any atom is -0.487 e. The highest BCUT2D eigenvalue weighted by atomic mass is 16.5. The highest BCUT2D eigenvalue weighted by Crippen LogP contribution is 2.40. The molecule has 0 spiro atoms. The fraction of sp³-hybridized carbons (Fsp3) is 0.571. The summed E-state index contributed by atoms with van der Waals surface area (Å²) in [6, 6.07) is 6.07. The quantitative estimate of drug-likeness (QED) is 0.847. The fourth-order valence-electron chi connectivity index (χ4n) is 2.33. The summed E-state index contributed by atoms with van der Waals surface area (Å²) in [5, 5.41) is 10.1. The Bertz CT molecular complexity index is 382. The van der Waals surface area contributed by atoms with Crippen molar-refractivity contribution in [2.24, 2.45) is 0 Å². The van der Waals surface area contributed by atoms with E-state index in [-0.39, 0.29) is 5.60 Å². The second-order valence-electron chi connectivity index (χ2n) is 5.18. The molecule has 0 aliphatic carbocycles. The summed E-state index contributed by atoms with van der Waals surface area (Å²) in [5.41, 5.74) is 2.03. The molecule has 0 radical (unpaired) electrons. The van der Waals surface area contributed by atoms with Gasteiger partial charge in [-0.1, -0.05) is 31.5 Å². The van der Waals surface area contributed by atoms with Crippen LogP contribution in [0.5, 0.6) is 5.75 Å². The average Bonchev–Trinajstić information content (AvgIpc) is 2.51. The van der Waals surface area contributed by atoms with Crippen molar-refractivity contribution in [1.82, 2.24) is 0 Å². The molecule has 0 fully saturated rings. The van der Waals surface area contributed by atoms with Crippen molar-refractivity contribution in [2.75, 3.05) is 0 Å². The van der Waals surface area contributed by atoms with E-state index in [4.69, 9.17) is 4.74 Å². The third-order valence-electron chi connectivity index (χ3n) is 3.04. The average molecular weight is 220 g/mol. The number of aliphatic hydroxyl groups excluding tert-OH is 1. The van der Waals surface area contributed by atoms with Crippen LogP contribution in [0.15, 0.2) is 18.2 Å². The van der Waals surface area contributed by atoms with Crippen LogP contribution in [0.3, 0.4) is 0 Å². The van der Waals surface area contributed by atoms with Gasteiger partial charge in [-0.2, -0.15) is 0 Å². The zero-order valence-electron chi connectivity index (χ0n) is 10.3. The summed E-state index contributed by atoms with van der Waals surface area (Å²) >= 11 is 0. The van der Waals surface area contributed by atoms with Crippen LogP contribution in [0.1, 0.15) is 50.8 Å². The number of benzene rings is 1. The zero-order valence-corrected chi connectivity index (χ0v) is 10.3. The monoisotopic (exact) mass is 220 g/mol. The number of fused-ring (bicyclic) bond motifs is 1. The van der Waals surface area contributed by atoms with Gasteiger partial charge in [0.1, 0.15) is 11.4 Å². The summed E-state index contributed by atoms with van der Waals surface area (Å²) in [7, 11) is 0. The van der Waals surface area contributed by atoms with Crippen LogP contribution in [0.4, 0.5) is 0 Å². The molecule has 1 aliphatic rings. The Kier molecular flexibility index (Phi) is 2.94. The van der Waals surface area contributed by atoms with Crippen LogP contribution in [0.2, 0.25) is 0 Å². The Morgan fingerprint density at radius 3 is 2.88 bits per heavy atom. The molecule has 1 heterocycles. The third kappa shape index (κ3) is 2.07. The Morgan fingerprint density at radius 2 is 2.19 bits per heavy atom. The lowest BCUT2D eigenvalue weighted by Gasteiger charge is -2.19. The lowest BCUT2D eigenvalue weighted by Crippen LogP contribution is -2.25. The zero-order chi connectivity index (χ0) is 11.8. The van der Waals surface area contributed by atoms with Crippen LogP contribution < -0.4 is 4.74 Å². The van der Waals surface area contributed by atoms with Gasteiger partial charge in [0.05, 0.1) is 6.10 Å². The molecule has 2 nitrogen and oxygen atoms in total. The Morgan fingerprint density at radius 1 is 1.44 bits per heavy atom. The maximum Gasteiger partial charge on any atom is 0.129 e. The maximum atomic E-state index is 10.1. The Balaban J connectivity index is 2.33. The lowest BCUT2D eigenvalue weighted by molar-refractivity contribution is 0.123. The van der Waals surface area contributed by atoms with E-state index in [9.17, 15) is 5.11 Å². The van der Waals surface area contributed by atoms with Crippen LogP contribution in [0.25, 0.3) is 0 Å². The molecule has 1 atom stereocenters. The maximum absolute atomic E-state index is 10.1. The van der Waals surface area contributed by atoms with E-state index in [1.165, 1.54) is 5.56 Å². The first-order valence-corrected chi connectivity index (χ1v) is 6.02. The van der Waals surface area contributed by atoms with Crippen LogP contribution in [-0.2, 0) is 6.42 Å². The smallest absolute Gasteiger partial charge is 0.129 e. The molecule has 1 aromatic rings. The van der Waals surface area contributed by atoms with Crippen LogP contribution >= 0.6 is 0 Å². The molecule has 0 bridgehead atoms. The summed E-state index contributed by atoms with van der Waals surface area (Å²) in [6.07, 6.45) is 2.30. The minimum absolute atomic E-state index is 0.135. The molecule has 2 rings (SSSR count). The normalized spacial score (nSPS) is 19.0. The number of aliphatic hydroxyl groups is 1. The lowest BCUT2D eigenvalue weighted by atomic mass is 9.98. The number of para-hydroxylation sites is 1. The van der Waals surface area contributed by atoms with Crippen molar-refractivity contribution in [3.8, 4) is 5.75 Å². The highest BCUT2D eigenvalue weighted by Gasteiger charge is 2.32. The molecule has 0 amide bonds. The largest absolute Gasteiger partial charge is 0.487 e. The minimum atomic E-state index is -0.395. The van der Waals surface area contributed by atoms with Crippen LogP contribution in [-0.4, -0.2) is 10.7 Å². The van der Waals surface area contributed by atoms with Crippen molar-refractivity contribution >= 4 is 0 Å². The van der Waals surface area contributed by atoms with E-state index in [0.717, 1.165) is 30.6 Å². The summed E-state index contributed by atoms with van der Waals surface area (Å²) < 4.78 is 5.93. The van der Waals surface area contributed by atoms with Crippen LogP contribution in [0, 0.1) is 0 Å². The van der Waals surface area contributed by atoms with Gasteiger partial charge >= 0.3 is 0 Å². The molecule has 0 saturated carbocycles. The first kappa shape index (κ1) is 11.5. The van der Waals surface area contributed by atoms with E-state index in [1.807, 2.05) is 12.1 Å². The first-order valence-electron chi connectivity index (χ1n) is 6.02. The van der Waals surface area contributed by atoms with Crippen molar-refractivity contribution in [2.45, 2.75) is 51.7 Å². The second-order valence-corrected chi connectivity index (χ2v) is 5.18. The molecule has 16 heavy (non-hydrogen) atoms. The first-order chi connectivity index (χ1) is 7.53. The second kappa shape index (κ2) is 4.10. The van der Waals surface area contributed by atoms with Crippen molar-refractivity contribution < 1.29 is 9.84 Å². The molecule has 0 aromatic heterocycles. The number of ether oxygens (including phenoxy) is 1. The molecule has 88 valence electrons. The van der Waals surface area contributed by atoms with E-state index >= 15 is 0 Å². The Labute approximate surface area is 97.3 Å². The van der Waals surface area contributed by atoms with Gasteiger partial charge in [-0.05, 0) is 25.8 Å². The molecular weight excluding hydrogens is 200 g/mol. The highest BCUT2D eigenvalue weighted by molar-refractivity contribution is 5.46. The van der Waals surface area contributed by atoms with E-state index < -0.39 is 6.10 Å². The predicted molar refractivity (Wildman–Crippen MR) is 64.7 cm³/mol. The molecule has 1 aliphatic heterocycles. The van der Waals surface area contributed by atoms with E-state index in [0.29, 0.717) is 0 Å². The summed E-state index contributed by atoms with van der Waals surface area (Å²) in [6.45, 7) is 6.25. The molecule has 1 unspecified atom stereocenters. The topological polar surface area (TPSA) is 29.5 Å². The van der Waals surface area contributed by atoms with E-state index in [1.54, 1.807) is 0 Å². The third-order valence-corrected chi connectivity index (χ3v) is 3.04. The Hall–Kier alpha value is -1.02. The molecular formula is C14H20O2. The van der Waals surface area contributed by atoms with E-state index in [2.05, 4.69) is 26.8 Å². The summed E-state index contributed by atoms with van der Waals surface area (Å²) in [4.78, 5) is 0. The molecule has 1 N–H and O–H groups in total. The van der Waals surface area contributed by atoms with Gasteiger partial charge in [-0.25, -0.2) is 0 Å². The number of hydrogen-bond donors (Lipinski definition) is 1. The van der Waals surface area contributed by atoms with Crippen molar-refractivity contribution in [3.63, 3.8) is 0 Å². The summed E-state index contributed by atoms with van der Waals surface area (Å²) in [5.74, 6) is 0.911. The van der Waals surface area contributed by atoms with Crippen molar-refractivity contribution in [3.05, 3.63) is 29.3 Å². The van der Waals surface area contributed by atoms with Gasteiger partial charge in [0.25, 0.3) is 0 Å². The number of hydrogen-bond acceptors (Lipinski definition) is 2. The van der Waals surface area contributed by atoms with Gasteiger partial charge in [0.15, 0.2) is 0 Å². The number of rotatable bonds is 3. The SMILES string of the molecule is CCCC(O)c1cccc2c1OC(C)(C)C2. The van der Waals surface area contributed by atoms with Gasteiger partial charge in [-0.3, -0.25) is 0 Å². The van der Waals surface area contributed by atoms with Crippen molar-refractivity contribution in [1.29, 1.82) is 0 Å². The van der Waals surface area contributed by atoms with Gasteiger partial charge < -0.3 is 9.84 Å². The molecule has 1 aromatic carbocycles. The standard InChI is InChI=1S/C14H20O2/c1-4-6-12(15)11-8-5-7-10-9-14(2,3)16-13(10)11/h5,7-8,12,15H,4,6,9H2,1-3H3. The van der Waals surface area contributed by atoms with Gasteiger partial charge in [0, 0.05) is 12.0 Å².